The van der Waals surface area contributed by atoms with Gasteiger partial charge in [0.25, 0.3) is 0 Å². The molecule has 0 atom stereocenters. The van der Waals surface area contributed by atoms with E-state index >= 15 is 0 Å². The van der Waals surface area contributed by atoms with E-state index in [1.807, 2.05) is 6.08 Å². The molecule has 0 aromatic carbocycles. The van der Waals surface area contributed by atoms with Gasteiger partial charge in [0.1, 0.15) is 0 Å². The van der Waals surface area contributed by atoms with E-state index in [9.17, 15) is 4.79 Å². The van der Waals surface area contributed by atoms with Gasteiger partial charge in [0, 0.05) is 6.61 Å². The number of esters is 1. The maximum atomic E-state index is 10.5. The summed E-state index contributed by atoms with van der Waals surface area (Å²) in [5, 5.41) is 8.40. The van der Waals surface area contributed by atoms with E-state index in [-0.39, 0.29) is 12.6 Å². The van der Waals surface area contributed by atoms with E-state index < -0.39 is 0 Å². The highest BCUT2D eigenvalue weighted by molar-refractivity contribution is 5.70. The Balaban J connectivity index is 3.22. The molecule has 0 aliphatic heterocycles. The van der Waals surface area contributed by atoms with Crippen molar-refractivity contribution < 1.29 is 14.6 Å². The molecular weight excluding hydrogens is 144 g/mol. The Morgan fingerprint density at radius 1 is 1.55 bits per heavy atom. The molecule has 0 rings (SSSR count). The molecule has 3 heteroatoms. The highest BCUT2D eigenvalue weighted by atomic mass is 16.5. The Hall–Kier alpha value is -0.830. The standard InChI is InChI=1S/C8H14O3/c1-11-8(10)6-4-2-3-5-7-9/h2,4,9H,3,5-7H2,1H3/b4-2-. The zero-order valence-electron chi connectivity index (χ0n) is 6.75. The lowest BCUT2D eigenvalue weighted by Crippen LogP contribution is -1.96. The summed E-state index contributed by atoms with van der Waals surface area (Å²) < 4.78 is 4.42. The lowest BCUT2D eigenvalue weighted by molar-refractivity contribution is -0.139. The minimum absolute atomic E-state index is 0.197. The van der Waals surface area contributed by atoms with Gasteiger partial charge in [-0.15, -0.1) is 0 Å². The monoisotopic (exact) mass is 158 g/mol. The second-order valence-corrected chi connectivity index (χ2v) is 2.12. The summed E-state index contributed by atoms with van der Waals surface area (Å²) in [5.74, 6) is -0.231. The minimum atomic E-state index is -0.231. The molecule has 64 valence electrons. The van der Waals surface area contributed by atoms with Gasteiger partial charge < -0.3 is 9.84 Å². The normalized spacial score (nSPS) is 10.4. The number of aliphatic hydroxyl groups is 1. The van der Waals surface area contributed by atoms with Crippen molar-refractivity contribution in [3.05, 3.63) is 12.2 Å². The predicted molar refractivity (Wildman–Crippen MR) is 42.1 cm³/mol. The summed E-state index contributed by atoms with van der Waals surface area (Å²) in [6, 6.07) is 0. The summed E-state index contributed by atoms with van der Waals surface area (Å²) in [5.41, 5.74) is 0. The lowest BCUT2D eigenvalue weighted by Gasteiger charge is -1.91. The number of carbonyl (C=O) groups is 1. The van der Waals surface area contributed by atoms with Crippen molar-refractivity contribution in [3.8, 4) is 0 Å². The molecule has 0 fully saturated rings. The fraction of sp³-hybridized carbons (Fsp3) is 0.625. The molecular formula is C8H14O3. The van der Waals surface area contributed by atoms with Crippen LogP contribution in [0.3, 0.4) is 0 Å². The zero-order chi connectivity index (χ0) is 8.53. The molecule has 0 saturated heterocycles. The number of allylic oxidation sites excluding steroid dienone is 1. The molecule has 0 aromatic rings. The highest BCUT2D eigenvalue weighted by Crippen LogP contribution is 1.92. The van der Waals surface area contributed by atoms with Gasteiger partial charge in [0.2, 0.25) is 0 Å². The van der Waals surface area contributed by atoms with Crippen LogP contribution >= 0.6 is 0 Å². The van der Waals surface area contributed by atoms with Crippen LogP contribution in [0.1, 0.15) is 19.3 Å². The van der Waals surface area contributed by atoms with Crippen LogP contribution in [-0.2, 0) is 9.53 Å². The molecule has 0 radical (unpaired) electrons. The van der Waals surface area contributed by atoms with Crippen molar-refractivity contribution in [1.82, 2.24) is 0 Å². The molecule has 0 aliphatic rings. The SMILES string of the molecule is COC(=O)C/C=C\CCCO. The quantitative estimate of drug-likeness (QED) is 0.367. The van der Waals surface area contributed by atoms with Crippen LogP contribution in [0, 0.1) is 0 Å². The van der Waals surface area contributed by atoms with Gasteiger partial charge in [0.15, 0.2) is 0 Å². The molecule has 0 aliphatic carbocycles. The molecule has 0 spiro atoms. The van der Waals surface area contributed by atoms with Crippen LogP contribution in [0.4, 0.5) is 0 Å². The Morgan fingerprint density at radius 2 is 2.27 bits per heavy atom. The molecule has 0 amide bonds. The van der Waals surface area contributed by atoms with Crippen LogP contribution in [0.5, 0.6) is 0 Å². The van der Waals surface area contributed by atoms with Gasteiger partial charge in [-0.05, 0) is 12.8 Å². The number of unbranched alkanes of at least 4 members (excludes halogenated alkanes) is 1. The first-order chi connectivity index (χ1) is 5.31. The second-order valence-electron chi connectivity index (χ2n) is 2.12. The van der Waals surface area contributed by atoms with Gasteiger partial charge in [0.05, 0.1) is 13.5 Å². The van der Waals surface area contributed by atoms with Gasteiger partial charge in [-0.1, -0.05) is 12.2 Å². The Labute approximate surface area is 66.7 Å². The van der Waals surface area contributed by atoms with E-state index in [4.69, 9.17) is 5.11 Å². The fourth-order valence-electron chi connectivity index (χ4n) is 0.590. The van der Waals surface area contributed by atoms with Crippen LogP contribution in [0.25, 0.3) is 0 Å². The number of rotatable bonds is 5. The van der Waals surface area contributed by atoms with Crippen LogP contribution < -0.4 is 0 Å². The summed E-state index contributed by atoms with van der Waals surface area (Å²) in [6.07, 6.45) is 5.50. The topological polar surface area (TPSA) is 46.5 Å². The molecule has 1 N–H and O–H groups in total. The summed E-state index contributed by atoms with van der Waals surface area (Å²) in [7, 11) is 1.36. The van der Waals surface area contributed by atoms with Gasteiger partial charge in [-0.25, -0.2) is 0 Å². The lowest BCUT2D eigenvalue weighted by atomic mass is 10.3. The maximum absolute atomic E-state index is 10.5. The maximum Gasteiger partial charge on any atom is 0.309 e. The van der Waals surface area contributed by atoms with Gasteiger partial charge in [-0.3, -0.25) is 4.79 Å². The minimum Gasteiger partial charge on any atom is -0.469 e. The Morgan fingerprint density at radius 3 is 2.82 bits per heavy atom. The van der Waals surface area contributed by atoms with Crippen molar-refractivity contribution in [2.45, 2.75) is 19.3 Å². The van der Waals surface area contributed by atoms with E-state index in [0.717, 1.165) is 12.8 Å². The van der Waals surface area contributed by atoms with E-state index in [2.05, 4.69) is 4.74 Å². The van der Waals surface area contributed by atoms with Crippen LogP contribution in [0.2, 0.25) is 0 Å². The van der Waals surface area contributed by atoms with Crippen molar-refractivity contribution in [3.63, 3.8) is 0 Å². The molecule has 11 heavy (non-hydrogen) atoms. The molecule has 0 bridgehead atoms. The summed E-state index contributed by atoms with van der Waals surface area (Å²) in [4.78, 5) is 10.5. The van der Waals surface area contributed by atoms with Crippen molar-refractivity contribution in [2.75, 3.05) is 13.7 Å². The number of hydrogen-bond acceptors (Lipinski definition) is 3. The Bertz CT molecular complexity index is 129. The Kier molecular flexibility index (Phi) is 6.73. The first-order valence-electron chi connectivity index (χ1n) is 3.64. The largest absolute Gasteiger partial charge is 0.469 e. The summed E-state index contributed by atoms with van der Waals surface area (Å²) >= 11 is 0. The van der Waals surface area contributed by atoms with E-state index in [0.29, 0.717) is 6.42 Å². The zero-order valence-corrected chi connectivity index (χ0v) is 6.75. The van der Waals surface area contributed by atoms with Gasteiger partial charge in [-0.2, -0.15) is 0 Å². The number of aliphatic hydroxyl groups excluding tert-OH is 1. The predicted octanol–water partition coefficient (Wildman–Crippen LogP) is 0.878. The number of ether oxygens (including phenoxy) is 1. The average molecular weight is 158 g/mol. The smallest absolute Gasteiger partial charge is 0.309 e. The van der Waals surface area contributed by atoms with Crippen molar-refractivity contribution in [1.29, 1.82) is 0 Å². The van der Waals surface area contributed by atoms with Crippen LogP contribution in [0.15, 0.2) is 12.2 Å². The third kappa shape index (κ3) is 7.06. The van der Waals surface area contributed by atoms with Crippen LogP contribution in [-0.4, -0.2) is 24.8 Å². The number of hydrogen-bond donors (Lipinski definition) is 1. The average Bonchev–Trinajstić information content (AvgIpc) is 2.04. The highest BCUT2D eigenvalue weighted by Gasteiger charge is 1.92. The van der Waals surface area contributed by atoms with Crippen molar-refractivity contribution >= 4 is 5.97 Å². The van der Waals surface area contributed by atoms with Gasteiger partial charge >= 0.3 is 5.97 Å². The molecule has 0 unspecified atom stereocenters. The number of carbonyl (C=O) groups excluding carboxylic acids is 1. The van der Waals surface area contributed by atoms with E-state index in [1.165, 1.54) is 7.11 Å². The molecule has 0 heterocycles. The first kappa shape index (κ1) is 10.2. The second kappa shape index (κ2) is 7.28. The summed E-state index contributed by atoms with van der Waals surface area (Å²) in [6.45, 7) is 0.197. The van der Waals surface area contributed by atoms with Crippen molar-refractivity contribution in [2.24, 2.45) is 0 Å². The third-order valence-electron chi connectivity index (χ3n) is 1.21. The molecule has 0 saturated carbocycles. The first-order valence-corrected chi connectivity index (χ1v) is 3.64. The van der Waals surface area contributed by atoms with E-state index in [1.54, 1.807) is 6.08 Å². The molecule has 3 nitrogen and oxygen atoms in total. The molecule has 0 aromatic heterocycles. The number of methoxy groups -OCH3 is 1. The fourth-order valence-corrected chi connectivity index (χ4v) is 0.590. The third-order valence-corrected chi connectivity index (χ3v) is 1.21.